The Hall–Kier alpha value is -1.18. The molecule has 106 valence electrons. The maximum absolute atomic E-state index is 13.9. The molecule has 0 spiro atoms. The first-order chi connectivity index (χ1) is 8.83. The largest absolute Gasteiger partial charge is 0.399 e. The van der Waals surface area contributed by atoms with Crippen molar-refractivity contribution < 1.29 is 17.5 Å². The van der Waals surface area contributed by atoms with Gasteiger partial charge in [-0.15, -0.1) is 0 Å². The maximum atomic E-state index is 13.9. The lowest BCUT2D eigenvalue weighted by Crippen LogP contribution is -2.47. The highest BCUT2D eigenvalue weighted by Crippen LogP contribution is 2.26. The Bertz CT molecular complexity index is 583. The van der Waals surface area contributed by atoms with E-state index in [9.17, 15) is 12.8 Å². The van der Waals surface area contributed by atoms with E-state index in [-0.39, 0.29) is 23.4 Å². The van der Waals surface area contributed by atoms with Gasteiger partial charge in [0.1, 0.15) is 10.7 Å². The van der Waals surface area contributed by atoms with Crippen LogP contribution in [0.1, 0.15) is 18.4 Å². The van der Waals surface area contributed by atoms with Crippen molar-refractivity contribution in [3.63, 3.8) is 0 Å². The van der Waals surface area contributed by atoms with Crippen LogP contribution in [0.3, 0.4) is 0 Å². The summed E-state index contributed by atoms with van der Waals surface area (Å²) in [5, 5.41) is 0. The van der Waals surface area contributed by atoms with Crippen molar-refractivity contribution in [1.29, 1.82) is 0 Å². The van der Waals surface area contributed by atoms with Crippen LogP contribution in [0.2, 0.25) is 0 Å². The standard InChI is InChI=1S/C12H17FN2O3S/c1-7-3-8(14)4-11(12(7)13)19(16,17)15-9-5-10(6-9)18-2/h3-4,9-10,15H,5-6,14H2,1-2H3. The first-order valence-corrected chi connectivity index (χ1v) is 7.42. The van der Waals surface area contributed by atoms with E-state index in [1.54, 1.807) is 7.11 Å². The predicted molar refractivity (Wildman–Crippen MR) is 69.7 cm³/mol. The van der Waals surface area contributed by atoms with Crippen molar-refractivity contribution in [2.45, 2.75) is 36.8 Å². The summed E-state index contributed by atoms with van der Waals surface area (Å²) >= 11 is 0. The number of benzene rings is 1. The van der Waals surface area contributed by atoms with Gasteiger partial charge in [0.25, 0.3) is 0 Å². The van der Waals surface area contributed by atoms with Crippen LogP contribution in [-0.4, -0.2) is 27.7 Å². The van der Waals surface area contributed by atoms with E-state index in [4.69, 9.17) is 10.5 Å². The molecule has 0 radical (unpaired) electrons. The second kappa shape index (κ2) is 5.07. The van der Waals surface area contributed by atoms with Crippen molar-refractivity contribution in [1.82, 2.24) is 4.72 Å². The fraction of sp³-hybridized carbons (Fsp3) is 0.500. The third-order valence-corrected chi connectivity index (χ3v) is 4.80. The molecular weight excluding hydrogens is 271 g/mol. The predicted octanol–water partition coefficient (Wildman–Crippen LogP) is 1.17. The van der Waals surface area contributed by atoms with Crippen LogP contribution in [0.25, 0.3) is 0 Å². The van der Waals surface area contributed by atoms with Crippen molar-refractivity contribution in [3.05, 3.63) is 23.5 Å². The number of hydrogen-bond donors (Lipinski definition) is 2. The number of aryl methyl sites for hydroxylation is 1. The van der Waals surface area contributed by atoms with Crippen LogP contribution < -0.4 is 10.5 Å². The normalized spacial score (nSPS) is 23.1. The van der Waals surface area contributed by atoms with Crippen LogP contribution in [-0.2, 0) is 14.8 Å². The van der Waals surface area contributed by atoms with Gasteiger partial charge in [-0.1, -0.05) is 0 Å². The van der Waals surface area contributed by atoms with Crippen molar-refractivity contribution >= 4 is 15.7 Å². The number of nitrogens with two attached hydrogens (primary N) is 1. The van der Waals surface area contributed by atoms with E-state index in [1.165, 1.54) is 13.0 Å². The molecule has 0 atom stereocenters. The molecule has 1 aromatic carbocycles. The molecule has 0 saturated heterocycles. The molecule has 0 aromatic heterocycles. The van der Waals surface area contributed by atoms with Gasteiger partial charge in [-0.05, 0) is 37.5 Å². The zero-order chi connectivity index (χ0) is 14.2. The molecular formula is C12H17FN2O3S. The van der Waals surface area contributed by atoms with Gasteiger partial charge in [0.15, 0.2) is 0 Å². The van der Waals surface area contributed by atoms with Gasteiger partial charge in [-0.2, -0.15) is 0 Å². The maximum Gasteiger partial charge on any atom is 0.243 e. The number of nitrogens with one attached hydrogen (secondary N) is 1. The third-order valence-electron chi connectivity index (χ3n) is 3.28. The quantitative estimate of drug-likeness (QED) is 0.815. The zero-order valence-electron chi connectivity index (χ0n) is 10.8. The molecule has 2 rings (SSSR count). The highest BCUT2D eigenvalue weighted by atomic mass is 32.2. The molecule has 1 saturated carbocycles. The van der Waals surface area contributed by atoms with E-state index < -0.39 is 20.7 Å². The molecule has 7 heteroatoms. The van der Waals surface area contributed by atoms with Gasteiger partial charge in [-0.25, -0.2) is 17.5 Å². The molecule has 0 unspecified atom stereocenters. The molecule has 1 aliphatic carbocycles. The Morgan fingerprint density at radius 2 is 2.05 bits per heavy atom. The van der Waals surface area contributed by atoms with Gasteiger partial charge in [0.2, 0.25) is 10.0 Å². The average Bonchev–Trinajstić information content (AvgIpc) is 2.27. The lowest BCUT2D eigenvalue weighted by atomic mass is 9.90. The summed E-state index contributed by atoms with van der Waals surface area (Å²) < 4.78 is 45.6. The topological polar surface area (TPSA) is 81.4 Å². The Morgan fingerprint density at radius 3 is 2.63 bits per heavy atom. The van der Waals surface area contributed by atoms with Crippen LogP contribution in [0.5, 0.6) is 0 Å². The molecule has 3 N–H and O–H groups in total. The lowest BCUT2D eigenvalue weighted by Gasteiger charge is -2.34. The fourth-order valence-corrected chi connectivity index (χ4v) is 3.54. The Morgan fingerprint density at radius 1 is 1.42 bits per heavy atom. The molecule has 0 aliphatic heterocycles. The smallest absolute Gasteiger partial charge is 0.243 e. The van der Waals surface area contributed by atoms with Crippen LogP contribution in [0.4, 0.5) is 10.1 Å². The summed E-state index contributed by atoms with van der Waals surface area (Å²) in [7, 11) is -2.31. The van der Waals surface area contributed by atoms with Gasteiger partial charge in [-0.3, -0.25) is 0 Å². The van der Waals surface area contributed by atoms with Crippen LogP contribution >= 0.6 is 0 Å². The number of ether oxygens (including phenoxy) is 1. The number of methoxy groups -OCH3 is 1. The second-order valence-electron chi connectivity index (χ2n) is 4.80. The van der Waals surface area contributed by atoms with E-state index in [1.807, 2.05) is 0 Å². The summed E-state index contributed by atoms with van der Waals surface area (Å²) in [5.41, 5.74) is 6.00. The van der Waals surface area contributed by atoms with E-state index in [2.05, 4.69) is 4.72 Å². The highest BCUT2D eigenvalue weighted by molar-refractivity contribution is 7.89. The van der Waals surface area contributed by atoms with Crippen molar-refractivity contribution in [3.8, 4) is 0 Å². The monoisotopic (exact) mass is 288 g/mol. The molecule has 1 aliphatic rings. The summed E-state index contributed by atoms with van der Waals surface area (Å²) in [6.07, 6.45) is 1.26. The van der Waals surface area contributed by atoms with Crippen molar-refractivity contribution in [2.75, 3.05) is 12.8 Å². The summed E-state index contributed by atoms with van der Waals surface area (Å²) in [5.74, 6) is -0.760. The highest BCUT2D eigenvalue weighted by Gasteiger charge is 2.33. The number of anilines is 1. The Labute approximate surface area is 112 Å². The summed E-state index contributed by atoms with van der Waals surface area (Å²) in [6, 6.07) is 2.33. The lowest BCUT2D eigenvalue weighted by molar-refractivity contribution is 0.0236. The fourth-order valence-electron chi connectivity index (χ4n) is 2.10. The minimum Gasteiger partial charge on any atom is -0.399 e. The SMILES string of the molecule is COC1CC(NS(=O)(=O)c2cc(N)cc(C)c2F)C1. The van der Waals surface area contributed by atoms with Crippen molar-refractivity contribution in [2.24, 2.45) is 0 Å². The van der Waals surface area contributed by atoms with Crippen LogP contribution in [0, 0.1) is 12.7 Å². The number of hydrogen-bond acceptors (Lipinski definition) is 4. The number of rotatable bonds is 4. The van der Waals surface area contributed by atoms with Gasteiger partial charge >= 0.3 is 0 Å². The molecule has 0 amide bonds. The molecule has 19 heavy (non-hydrogen) atoms. The van der Waals surface area contributed by atoms with Gasteiger partial charge < -0.3 is 10.5 Å². The first-order valence-electron chi connectivity index (χ1n) is 5.94. The van der Waals surface area contributed by atoms with E-state index in [0.717, 1.165) is 6.07 Å². The number of halogens is 1. The van der Waals surface area contributed by atoms with Gasteiger partial charge in [0.05, 0.1) is 6.10 Å². The Balaban J connectivity index is 2.21. The summed E-state index contributed by atoms with van der Waals surface area (Å²) in [6.45, 7) is 1.48. The Kier molecular flexibility index (Phi) is 3.80. The molecule has 0 bridgehead atoms. The van der Waals surface area contributed by atoms with E-state index >= 15 is 0 Å². The van der Waals surface area contributed by atoms with Crippen LogP contribution in [0.15, 0.2) is 17.0 Å². The average molecular weight is 288 g/mol. The molecule has 1 aromatic rings. The number of nitrogen functional groups attached to an aromatic ring is 1. The van der Waals surface area contributed by atoms with E-state index in [0.29, 0.717) is 12.8 Å². The third kappa shape index (κ3) is 2.88. The second-order valence-corrected chi connectivity index (χ2v) is 6.48. The van der Waals surface area contributed by atoms with Gasteiger partial charge in [0, 0.05) is 18.8 Å². The minimum atomic E-state index is -3.89. The first kappa shape index (κ1) is 14.2. The number of sulfonamides is 1. The zero-order valence-corrected chi connectivity index (χ0v) is 11.6. The molecule has 0 heterocycles. The minimum absolute atomic E-state index is 0.0696. The summed E-state index contributed by atoms with van der Waals surface area (Å²) in [4.78, 5) is -0.397. The molecule has 1 fully saturated rings. The molecule has 5 nitrogen and oxygen atoms in total.